The molecule has 0 heterocycles. The molecule has 0 saturated carbocycles. The molecule has 0 bridgehead atoms. The van der Waals surface area contributed by atoms with Crippen molar-refractivity contribution in [3.05, 3.63) is 103 Å². The molecule has 0 N–H and O–H groups in total. The number of carbonyl (C=O) groups excluding carboxylic acids is 3. The minimum Gasteiger partial charge on any atom is -0.490 e. The van der Waals surface area contributed by atoms with Crippen molar-refractivity contribution in [2.75, 3.05) is 26.4 Å². The molecule has 0 unspecified atom stereocenters. The van der Waals surface area contributed by atoms with Crippen molar-refractivity contribution in [2.45, 2.75) is 20.8 Å². The van der Waals surface area contributed by atoms with Gasteiger partial charge in [0.05, 0.1) is 0 Å². The Labute approximate surface area is 250 Å². The van der Waals surface area contributed by atoms with Crippen LogP contribution in [0.4, 0.5) is 4.39 Å². The van der Waals surface area contributed by atoms with E-state index in [0.29, 0.717) is 28.4 Å². The van der Waals surface area contributed by atoms with Gasteiger partial charge < -0.3 is 23.7 Å². The fourth-order valence-corrected chi connectivity index (χ4v) is 3.57. The third-order valence-corrected chi connectivity index (χ3v) is 5.77. The molecule has 43 heavy (non-hydrogen) atoms. The first-order chi connectivity index (χ1) is 20.4. The van der Waals surface area contributed by atoms with Crippen molar-refractivity contribution in [3.63, 3.8) is 0 Å². The maximum Gasteiger partial charge on any atom is 0.338 e. The molecule has 8 nitrogen and oxygen atoms in total. The van der Waals surface area contributed by atoms with E-state index < -0.39 is 23.7 Å². The summed E-state index contributed by atoms with van der Waals surface area (Å²) in [7, 11) is 0. The minimum absolute atomic E-state index is 0.0167. The van der Waals surface area contributed by atoms with Crippen LogP contribution in [0.5, 0.6) is 17.2 Å². The number of esters is 3. The van der Waals surface area contributed by atoms with Gasteiger partial charge in [-0.3, -0.25) is 0 Å². The van der Waals surface area contributed by atoms with Crippen molar-refractivity contribution in [3.8, 4) is 39.5 Å². The Hall–Kier alpha value is -5.18. The smallest absolute Gasteiger partial charge is 0.338 e. The van der Waals surface area contributed by atoms with Gasteiger partial charge in [-0.05, 0) is 67.8 Å². The molecule has 0 fully saturated rings. The molecule has 3 aromatic rings. The van der Waals surface area contributed by atoms with Crippen molar-refractivity contribution in [2.24, 2.45) is 0 Å². The minimum atomic E-state index is -0.532. The zero-order chi connectivity index (χ0) is 31.5. The van der Waals surface area contributed by atoms with Gasteiger partial charge >= 0.3 is 17.9 Å². The van der Waals surface area contributed by atoms with E-state index in [-0.39, 0.29) is 48.7 Å². The molecule has 0 aliphatic carbocycles. The normalized spacial score (nSPS) is 10.3. The van der Waals surface area contributed by atoms with Gasteiger partial charge in [0.2, 0.25) is 0 Å². The van der Waals surface area contributed by atoms with Crippen LogP contribution < -0.4 is 14.2 Å². The van der Waals surface area contributed by atoms with Crippen molar-refractivity contribution < 1.29 is 42.5 Å². The van der Waals surface area contributed by atoms with Gasteiger partial charge in [-0.25, -0.2) is 18.8 Å². The van der Waals surface area contributed by atoms with Crippen LogP contribution >= 0.6 is 0 Å². The quantitative estimate of drug-likeness (QED) is 0.0895. The lowest BCUT2D eigenvalue weighted by molar-refractivity contribution is -0.140. The summed E-state index contributed by atoms with van der Waals surface area (Å²) in [5, 5.41) is 0. The van der Waals surface area contributed by atoms with Gasteiger partial charge in [0.15, 0.2) is 0 Å². The van der Waals surface area contributed by atoms with Gasteiger partial charge in [0, 0.05) is 28.3 Å². The maximum absolute atomic E-state index is 15.5. The molecule has 3 rings (SSSR count). The van der Waals surface area contributed by atoms with Crippen LogP contribution in [0.2, 0.25) is 0 Å². The van der Waals surface area contributed by atoms with E-state index in [2.05, 4.69) is 19.7 Å². The lowest BCUT2D eigenvalue weighted by Gasteiger charge is -2.14. The second-order valence-corrected chi connectivity index (χ2v) is 9.61. The molecule has 0 radical (unpaired) electrons. The zero-order valence-electron chi connectivity index (χ0n) is 24.4. The maximum atomic E-state index is 15.5. The standard InChI is InChI=1S/C34H33FO8/c1-21(2)32(36)41-15-13-39-28-17-26(18-29(20-28)40-14-16-42-33(37)22(3)4)30-12-9-25(19-31(30)35)24-7-10-27(11-8-24)43-34(38)23(5)6/h7-12,17-20H,1,3,5,13-16H2,2,4,6H3. The summed E-state index contributed by atoms with van der Waals surface area (Å²) in [6.45, 7) is 15.3. The Morgan fingerprint density at radius 3 is 1.53 bits per heavy atom. The van der Waals surface area contributed by atoms with Crippen LogP contribution in [0.1, 0.15) is 20.8 Å². The lowest BCUT2D eigenvalue weighted by atomic mass is 9.99. The fraction of sp³-hybridized carbons (Fsp3) is 0.206. The predicted molar refractivity (Wildman–Crippen MR) is 160 cm³/mol. The highest BCUT2D eigenvalue weighted by Crippen LogP contribution is 2.34. The monoisotopic (exact) mass is 588 g/mol. The first-order valence-electron chi connectivity index (χ1n) is 13.3. The largest absolute Gasteiger partial charge is 0.490 e. The first-order valence-corrected chi connectivity index (χ1v) is 13.3. The number of hydrogen-bond acceptors (Lipinski definition) is 8. The molecule has 0 atom stereocenters. The van der Waals surface area contributed by atoms with Gasteiger partial charge in [-0.2, -0.15) is 0 Å². The molecule has 0 aromatic heterocycles. The zero-order valence-corrected chi connectivity index (χ0v) is 24.4. The van der Waals surface area contributed by atoms with Crippen LogP contribution in [0.25, 0.3) is 22.3 Å². The Bertz CT molecular complexity index is 1490. The topological polar surface area (TPSA) is 97.4 Å². The first kappa shape index (κ1) is 32.3. The van der Waals surface area contributed by atoms with Crippen LogP contribution in [0.3, 0.4) is 0 Å². The Balaban J connectivity index is 1.80. The summed E-state index contributed by atoms with van der Waals surface area (Å²) in [6, 6.07) is 16.3. The van der Waals surface area contributed by atoms with Gasteiger partial charge in [0.1, 0.15) is 49.5 Å². The van der Waals surface area contributed by atoms with E-state index in [1.807, 2.05) is 0 Å². The molecule has 224 valence electrons. The highest BCUT2D eigenvalue weighted by molar-refractivity contribution is 5.89. The van der Waals surface area contributed by atoms with E-state index in [4.69, 9.17) is 23.7 Å². The van der Waals surface area contributed by atoms with Crippen LogP contribution in [-0.4, -0.2) is 44.3 Å². The van der Waals surface area contributed by atoms with Crippen LogP contribution in [0, 0.1) is 5.82 Å². The van der Waals surface area contributed by atoms with Gasteiger partial charge in [-0.15, -0.1) is 0 Å². The summed E-state index contributed by atoms with van der Waals surface area (Å²) < 4.78 is 42.3. The van der Waals surface area contributed by atoms with Crippen LogP contribution in [0.15, 0.2) is 97.1 Å². The van der Waals surface area contributed by atoms with E-state index in [1.165, 1.54) is 6.07 Å². The summed E-state index contributed by atoms with van der Waals surface area (Å²) in [5.74, 6) is -1.04. The number of carbonyl (C=O) groups is 3. The highest BCUT2D eigenvalue weighted by atomic mass is 19.1. The number of halogens is 1. The van der Waals surface area contributed by atoms with E-state index in [9.17, 15) is 14.4 Å². The van der Waals surface area contributed by atoms with Gasteiger partial charge in [-0.1, -0.05) is 44.0 Å². The summed E-state index contributed by atoms with van der Waals surface area (Å²) in [6.07, 6.45) is 0. The number of ether oxygens (including phenoxy) is 5. The van der Waals surface area contributed by atoms with E-state index in [1.54, 1.807) is 75.4 Å². The predicted octanol–water partition coefficient (Wildman–Crippen LogP) is 6.64. The Kier molecular flexibility index (Phi) is 11.4. The van der Waals surface area contributed by atoms with Crippen molar-refractivity contribution in [1.82, 2.24) is 0 Å². The highest BCUT2D eigenvalue weighted by Gasteiger charge is 2.13. The van der Waals surface area contributed by atoms with Crippen molar-refractivity contribution in [1.29, 1.82) is 0 Å². The molecule has 3 aromatic carbocycles. The number of benzene rings is 3. The second kappa shape index (κ2) is 15.2. The third-order valence-electron chi connectivity index (χ3n) is 5.77. The van der Waals surface area contributed by atoms with E-state index >= 15 is 4.39 Å². The third kappa shape index (κ3) is 9.71. The Morgan fingerprint density at radius 1 is 0.581 bits per heavy atom. The Morgan fingerprint density at radius 2 is 1.07 bits per heavy atom. The SMILES string of the molecule is C=C(C)C(=O)OCCOc1cc(OCCOC(=O)C(=C)C)cc(-c2ccc(-c3ccc(OC(=O)C(=C)C)cc3)cc2F)c1. The average molecular weight is 589 g/mol. The molecular weight excluding hydrogens is 555 g/mol. The van der Waals surface area contributed by atoms with E-state index in [0.717, 1.165) is 5.56 Å². The number of rotatable bonds is 14. The fourth-order valence-electron chi connectivity index (χ4n) is 3.57. The average Bonchev–Trinajstić information content (AvgIpc) is 2.97. The molecule has 0 aliphatic heterocycles. The van der Waals surface area contributed by atoms with Gasteiger partial charge in [0.25, 0.3) is 0 Å². The number of hydrogen-bond donors (Lipinski definition) is 0. The molecule has 0 amide bonds. The molecule has 0 spiro atoms. The van der Waals surface area contributed by atoms with Crippen molar-refractivity contribution >= 4 is 17.9 Å². The second-order valence-electron chi connectivity index (χ2n) is 9.61. The molecule has 0 aliphatic rings. The lowest BCUT2D eigenvalue weighted by Crippen LogP contribution is -2.13. The summed E-state index contributed by atoms with van der Waals surface area (Å²) in [4.78, 5) is 35.0. The summed E-state index contributed by atoms with van der Waals surface area (Å²) in [5.41, 5.74) is 2.90. The molecular formula is C34H33FO8. The molecule has 9 heteroatoms. The molecule has 0 saturated heterocycles. The summed E-state index contributed by atoms with van der Waals surface area (Å²) >= 11 is 0. The van der Waals surface area contributed by atoms with Crippen LogP contribution in [-0.2, 0) is 23.9 Å².